The number of benzene rings is 1. The van der Waals surface area contributed by atoms with E-state index < -0.39 is 0 Å². The monoisotopic (exact) mass is 269 g/mol. The highest BCUT2D eigenvalue weighted by Crippen LogP contribution is 2.31. The highest BCUT2D eigenvalue weighted by atomic mass is 35.5. The lowest BCUT2D eigenvalue weighted by Crippen LogP contribution is -2.39. The predicted molar refractivity (Wildman–Crippen MR) is 70.1 cm³/mol. The molecular weight excluding hydrogens is 253 g/mol. The first-order chi connectivity index (χ1) is 8.48. The topological polar surface area (TPSA) is 43.1 Å². The van der Waals surface area contributed by atoms with Crippen LogP contribution in [-0.4, -0.2) is 11.3 Å². The van der Waals surface area contributed by atoms with E-state index in [-0.39, 0.29) is 23.6 Å². The van der Waals surface area contributed by atoms with Gasteiger partial charge in [-0.1, -0.05) is 24.4 Å². The van der Waals surface area contributed by atoms with Gasteiger partial charge in [-0.05, 0) is 36.6 Å². The van der Waals surface area contributed by atoms with E-state index in [0.29, 0.717) is 17.0 Å². The summed E-state index contributed by atoms with van der Waals surface area (Å²) in [5.41, 5.74) is 6.35. The molecule has 4 heteroatoms. The van der Waals surface area contributed by atoms with E-state index in [2.05, 4.69) is 0 Å². The van der Waals surface area contributed by atoms with Gasteiger partial charge in [0.1, 0.15) is 11.6 Å². The fourth-order valence-electron chi connectivity index (χ4n) is 2.60. The van der Waals surface area contributed by atoms with Crippen molar-refractivity contribution in [3.8, 4) is 0 Å². The van der Waals surface area contributed by atoms with Gasteiger partial charge in [-0.3, -0.25) is 4.79 Å². The lowest BCUT2D eigenvalue weighted by molar-refractivity contribution is -0.119. The third kappa shape index (κ3) is 3.30. The van der Waals surface area contributed by atoms with E-state index in [4.69, 9.17) is 17.3 Å². The molecule has 0 saturated heterocycles. The second-order valence-corrected chi connectivity index (χ2v) is 5.60. The SMILES string of the molecule is NC1(CC(=O)Cc2cc(F)ccc2Cl)CCCC1. The molecule has 1 fully saturated rings. The Bertz CT molecular complexity index is 455. The number of nitrogens with two attached hydrogens (primary N) is 1. The van der Waals surface area contributed by atoms with Crippen molar-refractivity contribution in [2.24, 2.45) is 5.73 Å². The maximum Gasteiger partial charge on any atom is 0.139 e. The molecule has 0 amide bonds. The molecule has 1 aliphatic carbocycles. The molecule has 1 saturated carbocycles. The molecule has 98 valence electrons. The van der Waals surface area contributed by atoms with Crippen molar-refractivity contribution in [3.63, 3.8) is 0 Å². The molecule has 0 aromatic heterocycles. The van der Waals surface area contributed by atoms with Gasteiger partial charge in [0.05, 0.1) is 0 Å². The Kier molecular flexibility index (Phi) is 4.03. The maximum atomic E-state index is 13.1. The summed E-state index contributed by atoms with van der Waals surface area (Å²) < 4.78 is 13.1. The van der Waals surface area contributed by atoms with Crippen LogP contribution in [0, 0.1) is 5.82 Å². The smallest absolute Gasteiger partial charge is 0.139 e. The molecule has 1 aromatic rings. The van der Waals surface area contributed by atoms with Crippen molar-refractivity contribution in [1.82, 2.24) is 0 Å². The molecule has 0 bridgehead atoms. The molecule has 1 aliphatic rings. The molecule has 2 rings (SSSR count). The van der Waals surface area contributed by atoms with Crippen molar-refractivity contribution in [1.29, 1.82) is 0 Å². The second-order valence-electron chi connectivity index (χ2n) is 5.20. The van der Waals surface area contributed by atoms with Crippen molar-refractivity contribution in [2.75, 3.05) is 0 Å². The van der Waals surface area contributed by atoms with Crippen LogP contribution in [0.3, 0.4) is 0 Å². The molecule has 0 heterocycles. The lowest BCUT2D eigenvalue weighted by atomic mass is 9.90. The zero-order valence-corrected chi connectivity index (χ0v) is 11.0. The number of Topliss-reactive ketones (excluding diaryl/α,β-unsaturated/α-hetero) is 1. The Labute approximate surface area is 111 Å². The Morgan fingerprint density at radius 2 is 2.06 bits per heavy atom. The second kappa shape index (κ2) is 5.37. The van der Waals surface area contributed by atoms with Crippen LogP contribution in [0.5, 0.6) is 0 Å². The predicted octanol–water partition coefficient (Wildman–Crippen LogP) is 3.25. The largest absolute Gasteiger partial charge is 0.325 e. The summed E-state index contributed by atoms with van der Waals surface area (Å²) in [6.45, 7) is 0. The Balaban J connectivity index is 2.00. The summed E-state index contributed by atoms with van der Waals surface area (Å²) >= 11 is 5.94. The van der Waals surface area contributed by atoms with Crippen molar-refractivity contribution in [2.45, 2.75) is 44.1 Å². The minimum atomic E-state index is -0.370. The van der Waals surface area contributed by atoms with E-state index >= 15 is 0 Å². The number of hydrogen-bond acceptors (Lipinski definition) is 2. The number of ketones is 1. The van der Waals surface area contributed by atoms with Crippen LogP contribution in [0.1, 0.15) is 37.7 Å². The van der Waals surface area contributed by atoms with Crippen molar-refractivity contribution in [3.05, 3.63) is 34.6 Å². The molecular formula is C14H17ClFNO. The quantitative estimate of drug-likeness (QED) is 0.912. The molecule has 2 N–H and O–H groups in total. The van der Waals surface area contributed by atoms with Gasteiger partial charge in [0.25, 0.3) is 0 Å². The minimum absolute atomic E-state index is 0.0342. The summed E-state index contributed by atoms with van der Waals surface area (Å²) in [6, 6.07) is 4.09. The first-order valence-corrected chi connectivity index (χ1v) is 6.61. The Morgan fingerprint density at radius 1 is 1.39 bits per heavy atom. The fourth-order valence-corrected chi connectivity index (χ4v) is 2.79. The molecule has 1 aromatic carbocycles. The number of carbonyl (C=O) groups is 1. The van der Waals surface area contributed by atoms with Gasteiger partial charge in [0.15, 0.2) is 0 Å². The number of halogens is 2. The molecule has 18 heavy (non-hydrogen) atoms. The van der Waals surface area contributed by atoms with Crippen molar-refractivity contribution < 1.29 is 9.18 Å². The average molecular weight is 270 g/mol. The van der Waals surface area contributed by atoms with Crippen LogP contribution in [0.25, 0.3) is 0 Å². The highest BCUT2D eigenvalue weighted by Gasteiger charge is 2.31. The zero-order chi connectivity index (χ0) is 13.2. The molecule has 0 aliphatic heterocycles. The normalized spacial score (nSPS) is 17.9. The molecule has 0 atom stereocenters. The van der Waals surface area contributed by atoms with Crippen LogP contribution in [0.2, 0.25) is 5.02 Å². The fraction of sp³-hybridized carbons (Fsp3) is 0.500. The van der Waals surface area contributed by atoms with E-state index in [9.17, 15) is 9.18 Å². The first-order valence-electron chi connectivity index (χ1n) is 6.23. The molecule has 2 nitrogen and oxygen atoms in total. The van der Waals surface area contributed by atoms with Gasteiger partial charge in [0.2, 0.25) is 0 Å². The zero-order valence-electron chi connectivity index (χ0n) is 10.2. The van der Waals surface area contributed by atoms with Gasteiger partial charge in [-0.15, -0.1) is 0 Å². The van der Waals surface area contributed by atoms with E-state index in [1.807, 2.05) is 0 Å². The Morgan fingerprint density at radius 3 is 2.72 bits per heavy atom. The van der Waals surface area contributed by atoms with Crippen molar-refractivity contribution >= 4 is 17.4 Å². The van der Waals surface area contributed by atoms with Crippen LogP contribution < -0.4 is 5.73 Å². The van der Waals surface area contributed by atoms with Gasteiger partial charge in [0, 0.05) is 23.4 Å². The number of hydrogen-bond donors (Lipinski definition) is 1. The highest BCUT2D eigenvalue weighted by molar-refractivity contribution is 6.31. The Hall–Kier alpha value is -0.930. The molecule has 0 spiro atoms. The van der Waals surface area contributed by atoms with Gasteiger partial charge >= 0.3 is 0 Å². The average Bonchev–Trinajstić information content (AvgIpc) is 2.70. The summed E-state index contributed by atoms with van der Waals surface area (Å²) in [6.07, 6.45) is 4.50. The van der Waals surface area contributed by atoms with Crippen LogP contribution in [0.15, 0.2) is 18.2 Å². The van der Waals surface area contributed by atoms with Gasteiger partial charge < -0.3 is 5.73 Å². The third-order valence-corrected chi connectivity index (χ3v) is 3.91. The van der Waals surface area contributed by atoms with E-state index in [1.165, 1.54) is 18.2 Å². The van der Waals surface area contributed by atoms with Gasteiger partial charge in [-0.25, -0.2) is 4.39 Å². The number of rotatable bonds is 4. The van der Waals surface area contributed by atoms with E-state index in [0.717, 1.165) is 25.7 Å². The molecule has 0 unspecified atom stereocenters. The van der Waals surface area contributed by atoms with Crippen LogP contribution in [-0.2, 0) is 11.2 Å². The summed E-state index contributed by atoms with van der Waals surface area (Å²) in [7, 11) is 0. The minimum Gasteiger partial charge on any atom is -0.325 e. The standard InChI is InChI=1S/C14H17ClFNO/c15-13-4-3-11(16)7-10(13)8-12(18)9-14(17)5-1-2-6-14/h3-4,7H,1-2,5-6,8-9,17H2. The van der Waals surface area contributed by atoms with Crippen LogP contribution in [0.4, 0.5) is 4.39 Å². The summed E-state index contributed by atoms with van der Waals surface area (Å²) in [5.74, 6) is -0.336. The first kappa shape index (κ1) is 13.5. The molecule has 0 radical (unpaired) electrons. The van der Waals surface area contributed by atoms with Crippen LogP contribution >= 0.6 is 11.6 Å². The summed E-state index contributed by atoms with van der Waals surface area (Å²) in [5, 5.41) is 0.433. The van der Waals surface area contributed by atoms with Gasteiger partial charge in [-0.2, -0.15) is 0 Å². The lowest BCUT2D eigenvalue weighted by Gasteiger charge is -2.22. The third-order valence-electron chi connectivity index (χ3n) is 3.54. The van der Waals surface area contributed by atoms with E-state index in [1.54, 1.807) is 0 Å². The summed E-state index contributed by atoms with van der Waals surface area (Å²) in [4.78, 5) is 12.0. The number of carbonyl (C=O) groups excluding carboxylic acids is 1. The maximum absolute atomic E-state index is 13.1.